The summed E-state index contributed by atoms with van der Waals surface area (Å²) in [5.74, 6) is 1.29. The summed E-state index contributed by atoms with van der Waals surface area (Å²) in [4.78, 5) is 13.5. The molecule has 2 N–H and O–H groups in total. The molecule has 0 radical (unpaired) electrons. The minimum atomic E-state index is -0.142. The number of rotatable bonds is 5. The standard InChI is InChI=1S/C18H21N3O2S/c1-11-5-6-13-14(9-19)18(24-16(13)8-11)21-17(22)10-20-12(2)15-4-3-7-23-15/h3-4,7,11-12,20H,5-6,8,10H2,1-2H3,(H,21,22)/t11-,12-/m0/s1. The van der Waals surface area contributed by atoms with E-state index < -0.39 is 0 Å². The zero-order chi connectivity index (χ0) is 17.1. The number of fused-ring (bicyclic) bond motifs is 1. The van der Waals surface area contributed by atoms with E-state index in [9.17, 15) is 10.1 Å². The SMILES string of the molecule is C[C@H]1CCc2c(sc(NC(=O)CN[C@@H](C)c3ccco3)c2C#N)C1. The second-order valence-corrected chi connectivity index (χ2v) is 7.44. The number of anilines is 1. The second kappa shape index (κ2) is 7.20. The molecule has 0 fully saturated rings. The van der Waals surface area contributed by atoms with E-state index in [0.29, 0.717) is 16.5 Å². The van der Waals surface area contributed by atoms with Crippen molar-refractivity contribution in [1.82, 2.24) is 5.32 Å². The molecule has 3 rings (SSSR count). The number of hydrogen-bond donors (Lipinski definition) is 2. The Morgan fingerprint density at radius 1 is 1.58 bits per heavy atom. The van der Waals surface area contributed by atoms with E-state index in [-0.39, 0.29) is 18.5 Å². The van der Waals surface area contributed by atoms with Crippen LogP contribution in [-0.2, 0) is 17.6 Å². The van der Waals surface area contributed by atoms with Crippen LogP contribution in [0.2, 0.25) is 0 Å². The number of amides is 1. The van der Waals surface area contributed by atoms with Crippen molar-refractivity contribution in [2.45, 2.75) is 39.2 Å². The van der Waals surface area contributed by atoms with Crippen LogP contribution in [0.15, 0.2) is 22.8 Å². The summed E-state index contributed by atoms with van der Waals surface area (Å²) in [6.07, 6.45) is 4.65. The summed E-state index contributed by atoms with van der Waals surface area (Å²) in [6.45, 7) is 4.34. The first-order valence-electron chi connectivity index (χ1n) is 8.19. The van der Waals surface area contributed by atoms with Crippen molar-refractivity contribution in [2.75, 3.05) is 11.9 Å². The van der Waals surface area contributed by atoms with Crippen molar-refractivity contribution < 1.29 is 9.21 Å². The van der Waals surface area contributed by atoms with Gasteiger partial charge in [-0.3, -0.25) is 10.1 Å². The van der Waals surface area contributed by atoms with Gasteiger partial charge in [0.25, 0.3) is 0 Å². The van der Waals surface area contributed by atoms with Gasteiger partial charge in [0.2, 0.25) is 5.91 Å². The van der Waals surface area contributed by atoms with Crippen LogP contribution in [0.1, 0.15) is 48.1 Å². The Morgan fingerprint density at radius 2 is 2.42 bits per heavy atom. The van der Waals surface area contributed by atoms with E-state index in [1.54, 1.807) is 17.6 Å². The van der Waals surface area contributed by atoms with E-state index >= 15 is 0 Å². The summed E-state index contributed by atoms with van der Waals surface area (Å²) in [5.41, 5.74) is 1.78. The number of thiophene rings is 1. The number of furan rings is 1. The minimum absolute atomic E-state index is 0.0430. The van der Waals surface area contributed by atoms with Crippen LogP contribution in [0.4, 0.5) is 5.00 Å². The molecule has 1 amide bonds. The van der Waals surface area contributed by atoms with Gasteiger partial charge in [-0.2, -0.15) is 5.26 Å². The Balaban J connectivity index is 1.63. The molecular weight excluding hydrogens is 322 g/mol. The van der Waals surface area contributed by atoms with Gasteiger partial charge < -0.3 is 9.73 Å². The van der Waals surface area contributed by atoms with Gasteiger partial charge in [0, 0.05) is 4.88 Å². The van der Waals surface area contributed by atoms with Crippen LogP contribution in [0, 0.1) is 17.2 Å². The Kier molecular flexibility index (Phi) is 5.03. The lowest BCUT2D eigenvalue weighted by atomic mass is 9.89. The van der Waals surface area contributed by atoms with Crippen LogP contribution >= 0.6 is 11.3 Å². The molecule has 6 heteroatoms. The fraction of sp³-hybridized carbons (Fsp3) is 0.444. The Morgan fingerprint density at radius 3 is 3.12 bits per heavy atom. The molecule has 2 aromatic heterocycles. The fourth-order valence-electron chi connectivity index (χ4n) is 3.01. The predicted octanol–water partition coefficient (Wildman–Crippen LogP) is 3.63. The topological polar surface area (TPSA) is 78.1 Å². The first-order valence-corrected chi connectivity index (χ1v) is 9.01. The molecule has 0 unspecified atom stereocenters. The molecular formula is C18H21N3O2S. The zero-order valence-electron chi connectivity index (χ0n) is 13.9. The Hall–Kier alpha value is -2.10. The molecule has 0 spiro atoms. The predicted molar refractivity (Wildman–Crippen MR) is 94.0 cm³/mol. The monoisotopic (exact) mass is 343 g/mol. The fourth-order valence-corrected chi connectivity index (χ4v) is 4.39. The molecule has 0 saturated carbocycles. The third-order valence-electron chi connectivity index (χ3n) is 4.42. The number of nitrogens with one attached hydrogen (secondary N) is 2. The maximum absolute atomic E-state index is 12.2. The van der Waals surface area contributed by atoms with Crippen LogP contribution in [0.5, 0.6) is 0 Å². The molecule has 2 heterocycles. The van der Waals surface area contributed by atoms with E-state index in [0.717, 1.165) is 30.6 Å². The first-order chi connectivity index (χ1) is 11.6. The molecule has 2 atom stereocenters. The van der Waals surface area contributed by atoms with E-state index in [1.165, 1.54) is 4.88 Å². The van der Waals surface area contributed by atoms with Gasteiger partial charge in [-0.15, -0.1) is 11.3 Å². The largest absolute Gasteiger partial charge is 0.468 e. The van der Waals surface area contributed by atoms with Crippen molar-refractivity contribution in [3.8, 4) is 6.07 Å². The van der Waals surface area contributed by atoms with Crippen LogP contribution in [0.25, 0.3) is 0 Å². The second-order valence-electron chi connectivity index (χ2n) is 6.33. The lowest BCUT2D eigenvalue weighted by molar-refractivity contribution is -0.115. The summed E-state index contributed by atoms with van der Waals surface area (Å²) in [7, 11) is 0. The van der Waals surface area contributed by atoms with Gasteiger partial charge in [-0.1, -0.05) is 6.92 Å². The van der Waals surface area contributed by atoms with E-state index in [1.807, 2.05) is 19.1 Å². The number of carbonyl (C=O) groups is 1. The van der Waals surface area contributed by atoms with Crippen molar-refractivity contribution in [3.63, 3.8) is 0 Å². The highest BCUT2D eigenvalue weighted by Crippen LogP contribution is 2.39. The summed E-state index contributed by atoms with van der Waals surface area (Å²) in [6, 6.07) is 5.92. The lowest BCUT2D eigenvalue weighted by Gasteiger charge is -2.17. The average molecular weight is 343 g/mol. The Bertz CT molecular complexity index is 758. The van der Waals surface area contributed by atoms with E-state index in [2.05, 4.69) is 23.6 Å². The normalized spacial score (nSPS) is 17.8. The maximum atomic E-state index is 12.2. The number of nitrogens with zero attached hydrogens (tertiary/aromatic N) is 1. The van der Waals surface area contributed by atoms with Gasteiger partial charge >= 0.3 is 0 Å². The van der Waals surface area contributed by atoms with Crippen LogP contribution in [-0.4, -0.2) is 12.5 Å². The van der Waals surface area contributed by atoms with Gasteiger partial charge in [0.15, 0.2) is 0 Å². The van der Waals surface area contributed by atoms with Crippen molar-refractivity contribution in [1.29, 1.82) is 5.26 Å². The molecule has 0 bridgehead atoms. The lowest BCUT2D eigenvalue weighted by Crippen LogP contribution is -2.29. The molecule has 126 valence electrons. The summed E-state index contributed by atoms with van der Waals surface area (Å²) >= 11 is 1.55. The summed E-state index contributed by atoms with van der Waals surface area (Å²) < 4.78 is 5.31. The van der Waals surface area contributed by atoms with Crippen molar-refractivity contribution in [3.05, 3.63) is 40.2 Å². The van der Waals surface area contributed by atoms with Gasteiger partial charge in [0.1, 0.15) is 16.8 Å². The van der Waals surface area contributed by atoms with Gasteiger partial charge in [-0.05, 0) is 49.8 Å². The molecule has 1 aliphatic carbocycles. The molecule has 1 aliphatic rings. The highest BCUT2D eigenvalue weighted by atomic mass is 32.1. The highest BCUT2D eigenvalue weighted by Gasteiger charge is 2.24. The van der Waals surface area contributed by atoms with Crippen molar-refractivity contribution >= 4 is 22.2 Å². The number of carbonyl (C=O) groups excluding carboxylic acids is 1. The zero-order valence-corrected chi connectivity index (χ0v) is 14.7. The third-order valence-corrected chi connectivity index (χ3v) is 5.58. The highest BCUT2D eigenvalue weighted by molar-refractivity contribution is 7.16. The molecule has 5 nitrogen and oxygen atoms in total. The quantitative estimate of drug-likeness (QED) is 0.869. The number of hydrogen-bond acceptors (Lipinski definition) is 5. The van der Waals surface area contributed by atoms with Crippen LogP contribution < -0.4 is 10.6 Å². The molecule has 0 saturated heterocycles. The third kappa shape index (κ3) is 3.53. The first kappa shape index (κ1) is 16.7. The molecule has 2 aromatic rings. The smallest absolute Gasteiger partial charge is 0.238 e. The maximum Gasteiger partial charge on any atom is 0.238 e. The van der Waals surface area contributed by atoms with Crippen LogP contribution in [0.3, 0.4) is 0 Å². The molecule has 0 aliphatic heterocycles. The Labute approximate surface area is 145 Å². The molecule has 24 heavy (non-hydrogen) atoms. The van der Waals surface area contributed by atoms with Gasteiger partial charge in [-0.25, -0.2) is 0 Å². The summed E-state index contributed by atoms with van der Waals surface area (Å²) in [5, 5.41) is 16.2. The van der Waals surface area contributed by atoms with E-state index in [4.69, 9.17) is 4.42 Å². The van der Waals surface area contributed by atoms with Gasteiger partial charge in [0.05, 0.1) is 24.4 Å². The minimum Gasteiger partial charge on any atom is -0.468 e. The molecule has 0 aromatic carbocycles. The average Bonchev–Trinajstić information content (AvgIpc) is 3.19. The number of nitriles is 1. The van der Waals surface area contributed by atoms with Crippen molar-refractivity contribution in [2.24, 2.45) is 5.92 Å².